The van der Waals surface area contributed by atoms with Crippen molar-refractivity contribution in [1.82, 2.24) is 10.6 Å². The molecule has 2 aromatic rings. The van der Waals surface area contributed by atoms with Crippen LogP contribution in [-0.4, -0.2) is 25.5 Å². The Morgan fingerprint density at radius 1 is 0.955 bits per heavy atom. The summed E-state index contributed by atoms with van der Waals surface area (Å²) in [4.78, 5) is 11.8. The third kappa shape index (κ3) is 4.86. The lowest BCUT2D eigenvalue weighted by Crippen LogP contribution is -2.41. The van der Waals surface area contributed by atoms with Crippen molar-refractivity contribution in [3.63, 3.8) is 0 Å². The van der Waals surface area contributed by atoms with Crippen LogP contribution >= 0.6 is 12.4 Å². The molecule has 0 aliphatic carbocycles. The summed E-state index contributed by atoms with van der Waals surface area (Å²) in [5, 5.41) is 5.96. The van der Waals surface area contributed by atoms with Crippen molar-refractivity contribution in [2.75, 3.05) is 13.6 Å². The van der Waals surface area contributed by atoms with Gasteiger partial charge in [0.05, 0.1) is 6.54 Å². The van der Waals surface area contributed by atoms with E-state index in [2.05, 4.69) is 41.8 Å². The fraction of sp³-hybridized carbons (Fsp3) is 0.278. The van der Waals surface area contributed by atoms with Crippen LogP contribution in [0.25, 0.3) is 0 Å². The van der Waals surface area contributed by atoms with E-state index in [1.54, 1.807) is 7.05 Å². The van der Waals surface area contributed by atoms with E-state index in [4.69, 9.17) is 0 Å². The van der Waals surface area contributed by atoms with Gasteiger partial charge >= 0.3 is 0 Å². The van der Waals surface area contributed by atoms with Gasteiger partial charge in [-0.3, -0.25) is 4.79 Å². The molecule has 118 valence electrons. The molecule has 0 radical (unpaired) electrons. The van der Waals surface area contributed by atoms with E-state index < -0.39 is 0 Å². The first kappa shape index (κ1) is 18.2. The number of hydrogen-bond acceptors (Lipinski definition) is 2. The Kier molecular flexibility index (Phi) is 7.64. The molecule has 1 atom stereocenters. The number of carbonyl (C=O) groups excluding carboxylic acids is 1. The molecule has 0 aromatic heterocycles. The van der Waals surface area contributed by atoms with Crippen molar-refractivity contribution in [2.24, 2.45) is 0 Å². The molecule has 0 saturated heterocycles. The fourth-order valence-corrected chi connectivity index (χ4v) is 2.64. The van der Waals surface area contributed by atoms with E-state index in [-0.39, 0.29) is 30.3 Å². The van der Waals surface area contributed by atoms with Crippen LogP contribution in [0.3, 0.4) is 0 Å². The summed E-state index contributed by atoms with van der Waals surface area (Å²) >= 11 is 0. The van der Waals surface area contributed by atoms with Gasteiger partial charge in [-0.15, -0.1) is 12.4 Å². The van der Waals surface area contributed by atoms with Gasteiger partial charge in [0.2, 0.25) is 5.91 Å². The first-order chi connectivity index (χ1) is 10.2. The zero-order valence-corrected chi connectivity index (χ0v) is 13.8. The first-order valence-corrected chi connectivity index (χ1v) is 7.26. The topological polar surface area (TPSA) is 41.1 Å². The number of benzene rings is 2. The fourth-order valence-electron chi connectivity index (χ4n) is 2.64. The number of likely N-dealkylation sites (N-methyl/N-ethyl adjacent to an activating group) is 1. The number of rotatable bonds is 6. The van der Waals surface area contributed by atoms with E-state index in [0.29, 0.717) is 6.54 Å². The number of carbonyl (C=O) groups is 1. The summed E-state index contributed by atoms with van der Waals surface area (Å²) in [5.41, 5.74) is 2.42. The zero-order chi connectivity index (χ0) is 15.1. The second-order valence-electron chi connectivity index (χ2n) is 5.19. The Balaban J connectivity index is 0.00000242. The highest BCUT2D eigenvalue weighted by Crippen LogP contribution is 2.27. The smallest absolute Gasteiger partial charge is 0.234 e. The third-order valence-electron chi connectivity index (χ3n) is 3.54. The van der Waals surface area contributed by atoms with Crippen LogP contribution in [0.1, 0.15) is 24.0 Å². The maximum atomic E-state index is 11.8. The van der Waals surface area contributed by atoms with Crippen molar-refractivity contribution in [2.45, 2.75) is 18.9 Å². The Morgan fingerprint density at radius 2 is 1.41 bits per heavy atom. The highest BCUT2D eigenvalue weighted by molar-refractivity contribution is 5.85. The summed E-state index contributed by atoms with van der Waals surface area (Å²) in [6.45, 7) is 2.39. The van der Waals surface area contributed by atoms with Gasteiger partial charge in [-0.05, 0) is 25.1 Å². The van der Waals surface area contributed by atoms with Crippen molar-refractivity contribution in [1.29, 1.82) is 0 Å². The van der Waals surface area contributed by atoms with Gasteiger partial charge in [-0.25, -0.2) is 0 Å². The zero-order valence-electron chi connectivity index (χ0n) is 13.0. The summed E-state index contributed by atoms with van der Waals surface area (Å²) in [6, 6.07) is 20.6. The summed E-state index contributed by atoms with van der Waals surface area (Å²) in [5.74, 6) is 0.162. The second kappa shape index (κ2) is 9.23. The molecule has 3 nitrogen and oxygen atoms in total. The molecule has 0 heterocycles. The standard InChI is InChI=1S/C18H22N2O.ClH/c1-14(20-17(21)13-19-2)18(15-9-5-3-6-10-15)16-11-7-4-8-12-16;/h3-12,14,18-19H,13H2,1-2H3,(H,20,21);1H. The number of hydrogen-bond donors (Lipinski definition) is 2. The molecule has 1 unspecified atom stereocenters. The Labute approximate surface area is 138 Å². The maximum absolute atomic E-state index is 11.8. The van der Waals surface area contributed by atoms with Crippen LogP contribution in [0.2, 0.25) is 0 Å². The number of halogens is 1. The molecule has 2 N–H and O–H groups in total. The van der Waals surface area contributed by atoms with E-state index in [9.17, 15) is 4.79 Å². The van der Waals surface area contributed by atoms with Crippen LogP contribution in [-0.2, 0) is 4.79 Å². The lowest BCUT2D eigenvalue weighted by Gasteiger charge is -2.26. The van der Waals surface area contributed by atoms with Crippen LogP contribution in [0.4, 0.5) is 0 Å². The largest absolute Gasteiger partial charge is 0.352 e. The lowest BCUT2D eigenvalue weighted by atomic mass is 9.86. The average molecular weight is 319 g/mol. The van der Waals surface area contributed by atoms with E-state index in [1.165, 1.54) is 11.1 Å². The molecular formula is C18H23ClN2O. The monoisotopic (exact) mass is 318 g/mol. The molecule has 22 heavy (non-hydrogen) atoms. The van der Waals surface area contributed by atoms with Crippen molar-refractivity contribution >= 4 is 18.3 Å². The molecule has 0 spiro atoms. The van der Waals surface area contributed by atoms with Crippen molar-refractivity contribution < 1.29 is 4.79 Å². The average Bonchev–Trinajstić information content (AvgIpc) is 2.50. The van der Waals surface area contributed by atoms with Gasteiger partial charge in [0.1, 0.15) is 0 Å². The summed E-state index contributed by atoms with van der Waals surface area (Å²) in [7, 11) is 1.77. The second-order valence-corrected chi connectivity index (χ2v) is 5.19. The third-order valence-corrected chi connectivity index (χ3v) is 3.54. The van der Waals surface area contributed by atoms with Gasteiger partial charge in [0.15, 0.2) is 0 Å². The predicted molar refractivity (Wildman–Crippen MR) is 93.5 cm³/mol. The van der Waals surface area contributed by atoms with Crippen LogP contribution in [0.15, 0.2) is 60.7 Å². The lowest BCUT2D eigenvalue weighted by molar-refractivity contribution is -0.120. The molecule has 2 rings (SSSR count). The van der Waals surface area contributed by atoms with E-state index >= 15 is 0 Å². The quantitative estimate of drug-likeness (QED) is 0.859. The highest BCUT2D eigenvalue weighted by Gasteiger charge is 2.22. The van der Waals surface area contributed by atoms with E-state index in [0.717, 1.165) is 0 Å². The Morgan fingerprint density at radius 3 is 1.82 bits per heavy atom. The van der Waals surface area contributed by atoms with Gasteiger partial charge in [-0.1, -0.05) is 60.7 Å². The van der Waals surface area contributed by atoms with Crippen LogP contribution in [0.5, 0.6) is 0 Å². The minimum absolute atomic E-state index is 0. The molecule has 2 aromatic carbocycles. The normalized spacial score (nSPS) is 11.6. The molecule has 4 heteroatoms. The SMILES string of the molecule is CNCC(=O)NC(C)C(c1ccccc1)c1ccccc1.Cl. The minimum atomic E-state index is 0. The first-order valence-electron chi connectivity index (χ1n) is 7.26. The number of amides is 1. The highest BCUT2D eigenvalue weighted by atomic mass is 35.5. The Hall–Kier alpha value is -1.84. The van der Waals surface area contributed by atoms with Crippen molar-refractivity contribution in [3.05, 3.63) is 71.8 Å². The van der Waals surface area contributed by atoms with Crippen LogP contribution in [0, 0.1) is 0 Å². The van der Waals surface area contributed by atoms with Gasteiger partial charge in [0, 0.05) is 12.0 Å². The molecule has 0 aliphatic rings. The van der Waals surface area contributed by atoms with E-state index in [1.807, 2.05) is 36.4 Å². The van der Waals surface area contributed by atoms with Crippen LogP contribution < -0.4 is 10.6 Å². The Bertz CT molecular complexity index is 520. The molecule has 0 aliphatic heterocycles. The van der Waals surface area contributed by atoms with Gasteiger partial charge < -0.3 is 10.6 Å². The molecule has 0 fully saturated rings. The van der Waals surface area contributed by atoms with Gasteiger partial charge in [-0.2, -0.15) is 0 Å². The van der Waals surface area contributed by atoms with Crippen molar-refractivity contribution in [3.8, 4) is 0 Å². The van der Waals surface area contributed by atoms with Gasteiger partial charge in [0.25, 0.3) is 0 Å². The molecular weight excluding hydrogens is 296 g/mol. The maximum Gasteiger partial charge on any atom is 0.234 e. The number of nitrogens with one attached hydrogen (secondary N) is 2. The summed E-state index contributed by atoms with van der Waals surface area (Å²) < 4.78 is 0. The minimum Gasteiger partial charge on any atom is -0.352 e. The molecule has 0 bridgehead atoms. The predicted octanol–water partition coefficient (Wildman–Crippen LogP) is 2.96. The summed E-state index contributed by atoms with van der Waals surface area (Å²) in [6.07, 6.45) is 0. The molecule has 0 saturated carbocycles. The molecule has 1 amide bonds.